The summed E-state index contributed by atoms with van der Waals surface area (Å²) in [6, 6.07) is 5.71. The summed E-state index contributed by atoms with van der Waals surface area (Å²) in [6.45, 7) is 1.32. The van der Waals surface area contributed by atoms with Gasteiger partial charge in [0.2, 0.25) is 0 Å². The summed E-state index contributed by atoms with van der Waals surface area (Å²) in [5, 5.41) is 6.84. The molecule has 114 valence electrons. The number of hydrogen-bond donors (Lipinski definition) is 0. The monoisotopic (exact) mass is 317 g/mol. The number of nitrogens with zero attached hydrogens (tertiary/aromatic N) is 3. The molecule has 0 spiro atoms. The molecule has 5 nitrogen and oxygen atoms in total. The maximum absolute atomic E-state index is 13.0. The van der Waals surface area contributed by atoms with Crippen molar-refractivity contribution < 1.29 is 4.74 Å². The van der Waals surface area contributed by atoms with Gasteiger partial charge in [-0.1, -0.05) is 17.7 Å². The highest BCUT2D eigenvalue weighted by Gasteiger charge is 2.22. The molecule has 0 aliphatic carbocycles. The number of hydrogen-bond acceptors (Lipinski definition) is 3. The summed E-state index contributed by atoms with van der Waals surface area (Å²) in [4.78, 5) is 13.0. The number of halogens is 1. The van der Waals surface area contributed by atoms with E-state index >= 15 is 0 Å². The first-order valence-electron chi connectivity index (χ1n) is 7.40. The number of ether oxygens (including phenoxy) is 1. The molecule has 0 saturated carbocycles. The second-order valence-corrected chi connectivity index (χ2v) is 6.21. The lowest BCUT2D eigenvalue weighted by atomic mass is 10.1. The summed E-state index contributed by atoms with van der Waals surface area (Å²) in [5.74, 6) is 0. The van der Waals surface area contributed by atoms with Gasteiger partial charge in [-0.3, -0.25) is 9.48 Å². The Morgan fingerprint density at radius 2 is 2.23 bits per heavy atom. The Morgan fingerprint density at radius 3 is 3.00 bits per heavy atom. The molecule has 1 saturated heterocycles. The molecule has 1 aliphatic heterocycles. The second kappa shape index (κ2) is 5.11. The molecule has 1 fully saturated rings. The molecular formula is C16H16ClN3O2. The van der Waals surface area contributed by atoms with Crippen molar-refractivity contribution in [3.05, 3.63) is 39.8 Å². The average Bonchev–Trinajstić information content (AvgIpc) is 2.90. The minimum Gasteiger partial charge on any atom is -0.379 e. The first kappa shape index (κ1) is 13.8. The summed E-state index contributed by atoms with van der Waals surface area (Å²) >= 11 is 6.17. The van der Waals surface area contributed by atoms with Crippen molar-refractivity contribution in [2.24, 2.45) is 7.05 Å². The Labute approximate surface area is 132 Å². The first-order valence-corrected chi connectivity index (χ1v) is 7.78. The lowest BCUT2D eigenvalue weighted by Crippen LogP contribution is -2.31. The van der Waals surface area contributed by atoms with Crippen LogP contribution in [-0.4, -0.2) is 27.6 Å². The largest absolute Gasteiger partial charge is 0.379 e. The van der Waals surface area contributed by atoms with Crippen LogP contribution < -0.4 is 5.56 Å². The normalized spacial score (nSPS) is 19.1. The first-order chi connectivity index (χ1) is 10.6. The molecule has 0 N–H and O–H groups in total. The van der Waals surface area contributed by atoms with Crippen LogP contribution in [0.5, 0.6) is 0 Å². The van der Waals surface area contributed by atoms with Crippen molar-refractivity contribution in [2.45, 2.75) is 18.9 Å². The molecule has 1 atom stereocenters. The van der Waals surface area contributed by atoms with Gasteiger partial charge in [0.25, 0.3) is 5.56 Å². The fourth-order valence-electron chi connectivity index (χ4n) is 3.29. The smallest absolute Gasteiger partial charge is 0.279 e. The third kappa shape index (κ3) is 2.04. The summed E-state index contributed by atoms with van der Waals surface area (Å²) < 4.78 is 9.07. The van der Waals surface area contributed by atoms with E-state index in [0.29, 0.717) is 17.1 Å². The van der Waals surface area contributed by atoms with Gasteiger partial charge in [-0.2, -0.15) is 5.10 Å². The zero-order valence-corrected chi connectivity index (χ0v) is 13.0. The maximum Gasteiger partial charge on any atom is 0.279 e. The molecule has 4 rings (SSSR count). The third-order valence-electron chi connectivity index (χ3n) is 4.26. The van der Waals surface area contributed by atoms with Gasteiger partial charge < -0.3 is 9.30 Å². The van der Waals surface area contributed by atoms with E-state index in [-0.39, 0.29) is 11.6 Å². The Kier molecular flexibility index (Phi) is 3.20. The molecule has 1 aliphatic rings. The Bertz CT molecular complexity index is 922. The molecule has 0 unspecified atom stereocenters. The minimum atomic E-state index is -0.0686. The van der Waals surface area contributed by atoms with Crippen LogP contribution in [0.1, 0.15) is 18.9 Å². The van der Waals surface area contributed by atoms with Crippen molar-refractivity contribution in [3.8, 4) is 0 Å². The lowest BCUT2D eigenvalue weighted by molar-refractivity contribution is 0.0596. The van der Waals surface area contributed by atoms with Gasteiger partial charge in [0.05, 0.1) is 18.2 Å². The topological polar surface area (TPSA) is 49.0 Å². The van der Waals surface area contributed by atoms with Crippen molar-refractivity contribution in [1.29, 1.82) is 0 Å². The highest BCUT2D eigenvalue weighted by atomic mass is 35.5. The van der Waals surface area contributed by atoms with Crippen LogP contribution in [0.15, 0.2) is 29.2 Å². The number of rotatable bonds is 1. The molecule has 3 heterocycles. The van der Waals surface area contributed by atoms with E-state index in [0.717, 1.165) is 35.7 Å². The van der Waals surface area contributed by atoms with Crippen molar-refractivity contribution in [1.82, 2.24) is 14.3 Å². The zero-order chi connectivity index (χ0) is 15.3. The Balaban J connectivity index is 2.12. The minimum absolute atomic E-state index is 0.0358. The maximum atomic E-state index is 13.0. The van der Waals surface area contributed by atoms with Gasteiger partial charge in [-0.05, 0) is 25.0 Å². The quantitative estimate of drug-likeness (QED) is 0.693. The number of pyridine rings is 1. The van der Waals surface area contributed by atoms with Crippen LogP contribution in [0.3, 0.4) is 0 Å². The second-order valence-electron chi connectivity index (χ2n) is 5.77. The number of fused-ring (bicyclic) bond motifs is 3. The molecular weight excluding hydrogens is 302 g/mol. The van der Waals surface area contributed by atoms with Crippen LogP contribution in [0.2, 0.25) is 5.02 Å². The highest BCUT2D eigenvalue weighted by Crippen LogP contribution is 2.29. The van der Waals surface area contributed by atoms with Gasteiger partial charge in [-0.25, -0.2) is 0 Å². The van der Waals surface area contributed by atoms with E-state index in [4.69, 9.17) is 16.3 Å². The van der Waals surface area contributed by atoms with E-state index in [1.165, 1.54) is 0 Å². The molecule has 22 heavy (non-hydrogen) atoms. The highest BCUT2D eigenvalue weighted by molar-refractivity contribution is 6.31. The van der Waals surface area contributed by atoms with Crippen LogP contribution in [0.25, 0.3) is 21.8 Å². The fraction of sp³-hybridized carbons (Fsp3) is 0.375. The SMILES string of the molecule is Cn1cc2c(n1)c(=O)n([C@@H]1CCCOC1)c1cc(Cl)ccc21. The van der Waals surface area contributed by atoms with E-state index < -0.39 is 0 Å². The van der Waals surface area contributed by atoms with Crippen LogP contribution in [0, 0.1) is 0 Å². The standard InChI is InChI=1S/C16H16ClN3O2/c1-19-8-13-12-5-4-10(17)7-14(12)20(16(21)15(13)18-19)11-3-2-6-22-9-11/h4-5,7-8,11H,2-3,6,9H2,1H3/t11-/m1/s1. The predicted octanol–water partition coefficient (Wildman–Crippen LogP) is 2.89. The van der Waals surface area contributed by atoms with E-state index in [1.807, 2.05) is 36.0 Å². The third-order valence-corrected chi connectivity index (χ3v) is 4.50. The van der Waals surface area contributed by atoms with E-state index in [2.05, 4.69) is 5.10 Å². The average molecular weight is 318 g/mol. The number of aryl methyl sites for hydroxylation is 1. The molecule has 0 bridgehead atoms. The van der Waals surface area contributed by atoms with Crippen molar-refractivity contribution in [3.63, 3.8) is 0 Å². The molecule has 3 aromatic rings. The van der Waals surface area contributed by atoms with Crippen LogP contribution in [0.4, 0.5) is 0 Å². The van der Waals surface area contributed by atoms with Gasteiger partial charge in [0, 0.05) is 35.6 Å². The molecule has 0 radical (unpaired) electrons. The molecule has 2 aromatic heterocycles. The lowest BCUT2D eigenvalue weighted by Gasteiger charge is -2.25. The molecule has 0 amide bonds. The van der Waals surface area contributed by atoms with Crippen molar-refractivity contribution in [2.75, 3.05) is 13.2 Å². The summed E-state index contributed by atoms with van der Waals surface area (Å²) in [6.07, 6.45) is 3.77. The Morgan fingerprint density at radius 1 is 1.36 bits per heavy atom. The summed E-state index contributed by atoms with van der Waals surface area (Å²) in [7, 11) is 1.83. The summed E-state index contributed by atoms with van der Waals surface area (Å²) in [5.41, 5.74) is 1.29. The predicted molar refractivity (Wildman–Crippen MR) is 86.6 cm³/mol. The number of aromatic nitrogens is 3. The van der Waals surface area contributed by atoms with E-state index in [9.17, 15) is 4.79 Å². The molecule has 6 heteroatoms. The van der Waals surface area contributed by atoms with Crippen LogP contribution >= 0.6 is 11.6 Å². The van der Waals surface area contributed by atoms with Crippen molar-refractivity contribution >= 4 is 33.4 Å². The van der Waals surface area contributed by atoms with Gasteiger partial charge in [0.1, 0.15) is 0 Å². The molecule has 1 aromatic carbocycles. The van der Waals surface area contributed by atoms with E-state index in [1.54, 1.807) is 4.68 Å². The van der Waals surface area contributed by atoms with Gasteiger partial charge >= 0.3 is 0 Å². The van der Waals surface area contributed by atoms with Gasteiger partial charge in [0.15, 0.2) is 5.52 Å². The van der Waals surface area contributed by atoms with Crippen LogP contribution in [-0.2, 0) is 11.8 Å². The fourth-order valence-corrected chi connectivity index (χ4v) is 3.46. The Hall–Kier alpha value is -1.85. The van der Waals surface area contributed by atoms with Gasteiger partial charge in [-0.15, -0.1) is 0 Å². The number of benzene rings is 1. The zero-order valence-electron chi connectivity index (χ0n) is 12.3.